The van der Waals surface area contributed by atoms with E-state index in [1.807, 2.05) is 0 Å². The number of halogens is 4. The van der Waals surface area contributed by atoms with Gasteiger partial charge in [-0.1, -0.05) is 71.7 Å². The van der Waals surface area contributed by atoms with Gasteiger partial charge in [-0.2, -0.15) is 10.4 Å². The van der Waals surface area contributed by atoms with Crippen molar-refractivity contribution in [3.05, 3.63) is 129 Å². The van der Waals surface area contributed by atoms with Gasteiger partial charge in [-0.25, -0.2) is 28.4 Å². The molecule has 0 bridgehead atoms. The first kappa shape index (κ1) is 52.8. The molecule has 0 aliphatic carbocycles. The SMILES string of the molecule is CC(C)O.CC(C)OC(=O)[C@H](O)CN(Cc1ccc(-c2cc(Cl)ccc2F)cc1)NC(=O)c1nn[nH]n1.O=C(NN(Cc1ccc(-c2cc(Cl)ccc2F)cc1)C[C@@H](O)C(=O)O)c1nn[nH]n1. The van der Waals surface area contributed by atoms with Crippen molar-refractivity contribution in [1.82, 2.24) is 62.1 Å². The topological polar surface area (TPSA) is 298 Å². The molecule has 0 saturated carbocycles. The summed E-state index contributed by atoms with van der Waals surface area (Å²) in [5, 5.41) is 65.4. The second-order valence-corrected chi connectivity index (χ2v) is 15.6. The van der Waals surface area contributed by atoms with Gasteiger partial charge >= 0.3 is 23.8 Å². The molecule has 6 rings (SSSR count). The van der Waals surface area contributed by atoms with Gasteiger partial charge in [0.05, 0.1) is 19.2 Å². The zero-order chi connectivity index (χ0) is 49.2. The summed E-state index contributed by atoms with van der Waals surface area (Å²) in [5.41, 5.74) is 8.21. The molecular weight excluding hydrogens is 925 g/mol. The number of hydrogen-bond acceptors (Lipinski definition) is 16. The molecule has 0 unspecified atom stereocenters. The van der Waals surface area contributed by atoms with E-state index in [0.717, 1.165) is 0 Å². The maximum atomic E-state index is 14.1. The van der Waals surface area contributed by atoms with Crippen molar-refractivity contribution in [1.29, 1.82) is 0 Å². The summed E-state index contributed by atoms with van der Waals surface area (Å²) in [5.74, 6) is -5.00. The van der Waals surface area contributed by atoms with Crippen LogP contribution in [0.1, 0.15) is 60.1 Å². The molecule has 0 aliphatic heterocycles. The van der Waals surface area contributed by atoms with Crippen molar-refractivity contribution in [2.75, 3.05) is 13.1 Å². The van der Waals surface area contributed by atoms with Crippen LogP contribution in [-0.2, 0) is 27.4 Å². The number of amides is 2. The number of carboxylic acids is 1. The third kappa shape index (κ3) is 17.5. The number of aliphatic hydroxyl groups excluding tert-OH is 3. The first-order valence-electron chi connectivity index (χ1n) is 19.9. The number of aromatic amines is 2. The lowest BCUT2D eigenvalue weighted by Gasteiger charge is -2.25. The van der Waals surface area contributed by atoms with Gasteiger partial charge in [0.25, 0.3) is 11.6 Å². The lowest BCUT2D eigenvalue weighted by Crippen LogP contribution is -2.48. The molecule has 0 saturated heterocycles. The molecular formula is C42H46Cl2F2N12O9. The van der Waals surface area contributed by atoms with Gasteiger partial charge in [0, 0.05) is 40.4 Å². The molecule has 6 aromatic rings. The number of carbonyl (C=O) groups is 4. The minimum atomic E-state index is -1.74. The van der Waals surface area contributed by atoms with Crippen LogP contribution in [0.2, 0.25) is 10.0 Å². The second kappa shape index (κ2) is 25.7. The van der Waals surface area contributed by atoms with Crippen LogP contribution in [0.3, 0.4) is 0 Å². The number of nitrogens with zero attached hydrogens (tertiary/aromatic N) is 8. The fraction of sp³-hybridized carbons (Fsp3) is 0.286. The quantitative estimate of drug-likeness (QED) is 0.0477. The number of esters is 1. The van der Waals surface area contributed by atoms with Crippen LogP contribution in [0.4, 0.5) is 8.78 Å². The van der Waals surface area contributed by atoms with Gasteiger partial charge in [0.15, 0.2) is 12.2 Å². The first-order chi connectivity index (χ1) is 31.8. The van der Waals surface area contributed by atoms with Gasteiger partial charge in [0.1, 0.15) is 11.6 Å². The van der Waals surface area contributed by atoms with E-state index in [-0.39, 0.29) is 37.4 Å². The number of ether oxygens (including phenoxy) is 1. The predicted octanol–water partition coefficient (Wildman–Crippen LogP) is 3.76. The van der Waals surface area contributed by atoms with Gasteiger partial charge in [-0.3, -0.25) is 20.4 Å². The van der Waals surface area contributed by atoms with Crippen LogP contribution >= 0.6 is 23.2 Å². The Balaban J connectivity index is 0.000000272. The number of aliphatic hydroxyl groups is 3. The van der Waals surface area contributed by atoms with Gasteiger partial charge in [-0.15, -0.1) is 20.4 Å². The number of hydrogen-bond donors (Lipinski definition) is 8. The zero-order valence-corrected chi connectivity index (χ0v) is 37.7. The highest BCUT2D eigenvalue weighted by Crippen LogP contribution is 2.28. The zero-order valence-electron chi connectivity index (χ0n) is 36.1. The molecule has 0 radical (unpaired) electrons. The highest BCUT2D eigenvalue weighted by atomic mass is 35.5. The number of aliphatic carboxylic acids is 1. The van der Waals surface area contributed by atoms with Crippen LogP contribution in [-0.4, -0.2) is 133 Å². The monoisotopic (exact) mass is 970 g/mol. The number of benzene rings is 4. The van der Waals surface area contributed by atoms with Gasteiger partial charge < -0.3 is 25.2 Å². The lowest BCUT2D eigenvalue weighted by molar-refractivity contribution is -0.158. The molecule has 21 nitrogen and oxygen atoms in total. The summed E-state index contributed by atoms with van der Waals surface area (Å²) >= 11 is 11.9. The molecule has 0 fully saturated rings. The van der Waals surface area contributed by atoms with Crippen LogP contribution in [0.5, 0.6) is 0 Å². The van der Waals surface area contributed by atoms with Crippen molar-refractivity contribution in [2.45, 2.75) is 65.2 Å². The Morgan fingerprint density at radius 2 is 1.04 bits per heavy atom. The fourth-order valence-electron chi connectivity index (χ4n) is 5.54. The molecule has 2 heterocycles. The van der Waals surface area contributed by atoms with Crippen molar-refractivity contribution in [3.63, 3.8) is 0 Å². The highest BCUT2D eigenvalue weighted by molar-refractivity contribution is 6.31. The third-order valence-corrected chi connectivity index (χ3v) is 8.92. The van der Waals surface area contributed by atoms with E-state index in [2.05, 4.69) is 52.1 Å². The third-order valence-electron chi connectivity index (χ3n) is 8.45. The minimum absolute atomic E-state index is 0.0479. The lowest BCUT2D eigenvalue weighted by atomic mass is 10.0. The van der Waals surface area contributed by atoms with Crippen molar-refractivity contribution in [3.8, 4) is 22.3 Å². The Kier molecular flexibility index (Phi) is 20.3. The number of tetrazole rings is 2. The number of aromatic nitrogens is 8. The van der Waals surface area contributed by atoms with Crippen LogP contribution in [0, 0.1) is 11.6 Å². The Morgan fingerprint density at radius 1 is 0.657 bits per heavy atom. The summed E-state index contributed by atoms with van der Waals surface area (Å²) in [4.78, 5) is 47.5. The summed E-state index contributed by atoms with van der Waals surface area (Å²) in [6.45, 7) is 6.25. The molecule has 2 aromatic heterocycles. The number of nitrogens with one attached hydrogen (secondary N) is 4. The predicted molar refractivity (Wildman–Crippen MR) is 236 cm³/mol. The van der Waals surface area contributed by atoms with E-state index < -0.39 is 60.2 Å². The fourth-order valence-corrected chi connectivity index (χ4v) is 5.89. The van der Waals surface area contributed by atoms with E-state index in [1.165, 1.54) is 46.4 Å². The standard InChI is InChI=1S/C21H22ClFN6O4.C18H16ClFN6O4.C3H8O/c1-12(2)33-21(32)18(30)11-29(26-20(31)19-24-27-28-25-19)10-13-3-5-14(6-4-13)16-9-15(22)7-8-17(16)23;19-12-5-6-14(20)13(7-12)11-3-1-10(2-4-11)8-26(9-15(27)18(29)30)23-17(28)16-21-24-25-22-16;1-3(2)4/h3-9,12,18,30H,10-11H2,1-2H3,(H,26,31)(H,24,25,27,28);1-7,15,27H,8-9H2,(H,23,28)(H,29,30)(H,21,22,24,25);3-4H,1-2H3/t18-;15-;/m11./s1. The maximum absolute atomic E-state index is 14.1. The number of carboxylic acid groups (broad SMARTS) is 1. The molecule has 0 spiro atoms. The smallest absolute Gasteiger partial charge is 0.336 e. The summed E-state index contributed by atoms with van der Waals surface area (Å²) < 4.78 is 33.2. The van der Waals surface area contributed by atoms with E-state index >= 15 is 0 Å². The Hall–Kier alpha value is -6.86. The van der Waals surface area contributed by atoms with Crippen molar-refractivity contribution in [2.24, 2.45) is 0 Å². The maximum Gasteiger partial charge on any atom is 0.336 e. The molecule has 2 atom stereocenters. The molecule has 67 heavy (non-hydrogen) atoms. The highest BCUT2D eigenvalue weighted by Gasteiger charge is 2.25. The molecule has 0 aliphatic rings. The summed E-state index contributed by atoms with van der Waals surface area (Å²) in [6, 6.07) is 22.0. The summed E-state index contributed by atoms with van der Waals surface area (Å²) in [6.07, 6.45) is -3.83. The average Bonchev–Trinajstić information content (AvgIpc) is 4.02. The number of H-pyrrole nitrogens is 2. The Bertz CT molecular complexity index is 2520. The van der Waals surface area contributed by atoms with Gasteiger partial charge in [0.2, 0.25) is 0 Å². The molecule has 356 valence electrons. The largest absolute Gasteiger partial charge is 0.479 e. The molecule has 2 amide bonds. The van der Waals surface area contributed by atoms with Crippen molar-refractivity contribution >= 4 is 47.0 Å². The van der Waals surface area contributed by atoms with E-state index in [1.54, 1.807) is 76.2 Å². The normalized spacial score (nSPS) is 11.9. The molecule has 8 N–H and O–H groups in total. The first-order valence-corrected chi connectivity index (χ1v) is 20.7. The minimum Gasteiger partial charge on any atom is -0.479 e. The molecule has 25 heteroatoms. The van der Waals surface area contributed by atoms with Crippen molar-refractivity contribution < 1.29 is 53.1 Å². The number of hydrazine groups is 2. The van der Waals surface area contributed by atoms with Gasteiger partial charge in [-0.05, 0) is 96.8 Å². The number of carbonyl (C=O) groups excluding carboxylic acids is 3. The van der Waals surface area contributed by atoms with E-state index in [0.29, 0.717) is 43.4 Å². The Morgan fingerprint density at radius 3 is 1.39 bits per heavy atom. The van der Waals surface area contributed by atoms with E-state index in [9.17, 15) is 38.2 Å². The summed E-state index contributed by atoms with van der Waals surface area (Å²) in [7, 11) is 0. The van der Waals surface area contributed by atoms with Crippen LogP contribution < -0.4 is 10.9 Å². The Labute approximate surface area is 391 Å². The second-order valence-electron chi connectivity index (χ2n) is 14.7. The van der Waals surface area contributed by atoms with E-state index in [4.69, 9.17) is 38.2 Å². The van der Waals surface area contributed by atoms with Crippen LogP contribution in [0.15, 0.2) is 84.9 Å². The molecule has 4 aromatic carbocycles. The average molecular weight is 972 g/mol. The van der Waals surface area contributed by atoms with Crippen LogP contribution in [0.25, 0.3) is 22.3 Å². The number of rotatable bonds is 17.